The second-order valence-corrected chi connectivity index (χ2v) is 8.69. The van der Waals surface area contributed by atoms with E-state index in [4.69, 9.17) is 18.0 Å². The summed E-state index contributed by atoms with van der Waals surface area (Å²) in [5.74, 6) is 0.483. The molecule has 4 rings (SSSR count). The lowest BCUT2D eigenvalue weighted by molar-refractivity contribution is 0.100. The summed E-state index contributed by atoms with van der Waals surface area (Å²) in [5.41, 5.74) is 9.27. The number of phenolic OH excluding ortho intramolecular Hbond substituents is 1. The number of aromatic hydroxyl groups is 1. The predicted octanol–water partition coefficient (Wildman–Crippen LogP) is 4.15. The van der Waals surface area contributed by atoms with Crippen molar-refractivity contribution in [2.75, 3.05) is 19.6 Å². The van der Waals surface area contributed by atoms with Crippen LogP contribution in [0.4, 0.5) is 0 Å². The fourth-order valence-electron chi connectivity index (χ4n) is 4.31. The summed E-state index contributed by atoms with van der Waals surface area (Å²) in [6.07, 6.45) is 5.93. The Morgan fingerprint density at radius 3 is 2.60 bits per heavy atom. The number of carbonyl (C=O) groups excluding carboxylic acids is 1. The molecular weight excluding hydrogens is 394 g/mol. The SMILES string of the molecule is NC(=O)c1ccc2c(CC(=S)CCN3CCC(c4ccc(O)cc4)CC3)c[nH]c2c1. The molecule has 0 atom stereocenters. The first kappa shape index (κ1) is 20.6. The lowest BCUT2D eigenvalue weighted by Crippen LogP contribution is -2.34. The Hall–Kier alpha value is -2.70. The van der Waals surface area contributed by atoms with E-state index < -0.39 is 5.91 Å². The molecule has 156 valence electrons. The van der Waals surface area contributed by atoms with E-state index in [-0.39, 0.29) is 0 Å². The van der Waals surface area contributed by atoms with Crippen LogP contribution in [0, 0.1) is 0 Å². The predicted molar refractivity (Wildman–Crippen MR) is 124 cm³/mol. The Labute approximate surface area is 181 Å². The third-order valence-electron chi connectivity index (χ3n) is 6.10. The summed E-state index contributed by atoms with van der Waals surface area (Å²) in [7, 11) is 0. The quantitative estimate of drug-likeness (QED) is 0.501. The summed E-state index contributed by atoms with van der Waals surface area (Å²) < 4.78 is 0. The molecule has 1 saturated heterocycles. The van der Waals surface area contributed by atoms with Gasteiger partial charge in [0.15, 0.2) is 0 Å². The minimum atomic E-state index is -0.419. The Morgan fingerprint density at radius 1 is 1.17 bits per heavy atom. The lowest BCUT2D eigenvalue weighted by atomic mass is 9.89. The van der Waals surface area contributed by atoms with E-state index in [1.807, 2.05) is 24.4 Å². The molecule has 30 heavy (non-hydrogen) atoms. The van der Waals surface area contributed by atoms with Gasteiger partial charge in [-0.3, -0.25) is 4.79 Å². The summed E-state index contributed by atoms with van der Waals surface area (Å²) >= 11 is 5.67. The molecule has 4 N–H and O–H groups in total. The summed E-state index contributed by atoms with van der Waals surface area (Å²) in [6, 6.07) is 13.1. The highest BCUT2D eigenvalue weighted by Crippen LogP contribution is 2.29. The van der Waals surface area contributed by atoms with Crippen molar-refractivity contribution >= 4 is 33.9 Å². The number of nitrogens with zero attached hydrogens (tertiary/aromatic N) is 1. The van der Waals surface area contributed by atoms with Crippen molar-refractivity contribution in [2.24, 2.45) is 5.73 Å². The van der Waals surface area contributed by atoms with Gasteiger partial charge in [-0.1, -0.05) is 30.4 Å². The zero-order valence-corrected chi connectivity index (χ0v) is 17.8. The van der Waals surface area contributed by atoms with Crippen LogP contribution < -0.4 is 5.73 Å². The average Bonchev–Trinajstić information content (AvgIpc) is 3.15. The first-order chi connectivity index (χ1) is 14.5. The number of primary amides is 1. The number of aromatic amines is 1. The molecule has 1 fully saturated rings. The Morgan fingerprint density at radius 2 is 1.90 bits per heavy atom. The van der Waals surface area contributed by atoms with Crippen molar-refractivity contribution in [1.82, 2.24) is 9.88 Å². The third kappa shape index (κ3) is 4.71. The molecule has 0 spiro atoms. The smallest absolute Gasteiger partial charge is 0.248 e. The number of hydrogen-bond donors (Lipinski definition) is 3. The standard InChI is InChI=1S/C24H27N3O2S/c25-24(29)18-3-6-22-19(15-26-23(22)14-18)13-21(30)9-12-27-10-7-17(8-11-27)16-1-4-20(28)5-2-16/h1-6,14-15,17,26,28H,7-13H2,(H2,25,29). The number of likely N-dealkylation sites (tertiary alicyclic amines) is 1. The molecule has 0 saturated carbocycles. The highest BCUT2D eigenvalue weighted by Gasteiger charge is 2.20. The van der Waals surface area contributed by atoms with Crippen LogP contribution in [0.2, 0.25) is 0 Å². The minimum absolute atomic E-state index is 0.327. The minimum Gasteiger partial charge on any atom is -0.508 e. The van der Waals surface area contributed by atoms with Crippen LogP contribution in [0.1, 0.15) is 46.7 Å². The zero-order valence-electron chi connectivity index (χ0n) is 16.9. The van der Waals surface area contributed by atoms with Gasteiger partial charge in [-0.2, -0.15) is 0 Å². The largest absolute Gasteiger partial charge is 0.508 e. The number of benzene rings is 2. The highest BCUT2D eigenvalue weighted by atomic mass is 32.1. The molecule has 1 aliphatic rings. The van der Waals surface area contributed by atoms with Gasteiger partial charge in [0.1, 0.15) is 5.75 Å². The molecule has 0 bridgehead atoms. The molecule has 2 aromatic carbocycles. The van der Waals surface area contributed by atoms with Crippen molar-refractivity contribution < 1.29 is 9.90 Å². The molecule has 3 aromatic rings. The third-order valence-corrected chi connectivity index (χ3v) is 6.45. The number of carbonyl (C=O) groups is 1. The van der Waals surface area contributed by atoms with E-state index in [0.717, 1.165) is 66.6 Å². The Bertz CT molecular complexity index is 1050. The van der Waals surface area contributed by atoms with Crippen LogP contribution in [-0.4, -0.2) is 45.4 Å². The maximum absolute atomic E-state index is 11.4. The number of nitrogens with one attached hydrogen (secondary N) is 1. The van der Waals surface area contributed by atoms with Gasteiger partial charge in [0.25, 0.3) is 0 Å². The summed E-state index contributed by atoms with van der Waals surface area (Å²) in [6.45, 7) is 3.16. The van der Waals surface area contributed by atoms with Gasteiger partial charge in [0.2, 0.25) is 5.91 Å². The first-order valence-corrected chi connectivity index (χ1v) is 10.8. The zero-order chi connectivity index (χ0) is 21.1. The number of nitrogens with two attached hydrogens (primary N) is 1. The molecule has 5 nitrogen and oxygen atoms in total. The van der Waals surface area contributed by atoms with E-state index in [1.165, 1.54) is 5.56 Å². The van der Waals surface area contributed by atoms with E-state index >= 15 is 0 Å². The molecule has 0 aliphatic carbocycles. The fourth-order valence-corrected chi connectivity index (χ4v) is 4.55. The van der Waals surface area contributed by atoms with Crippen LogP contribution in [-0.2, 0) is 6.42 Å². The van der Waals surface area contributed by atoms with Gasteiger partial charge < -0.3 is 20.7 Å². The number of rotatable bonds is 7. The number of amides is 1. The van der Waals surface area contributed by atoms with Crippen molar-refractivity contribution in [3.8, 4) is 5.75 Å². The number of thiocarbonyl (C=S) groups is 1. The van der Waals surface area contributed by atoms with Crippen LogP contribution >= 0.6 is 12.2 Å². The van der Waals surface area contributed by atoms with Gasteiger partial charge in [-0.05, 0) is 78.5 Å². The number of hydrogen-bond acceptors (Lipinski definition) is 4. The van der Waals surface area contributed by atoms with Gasteiger partial charge in [0, 0.05) is 35.6 Å². The molecule has 1 amide bonds. The van der Waals surface area contributed by atoms with Crippen LogP contribution in [0.15, 0.2) is 48.7 Å². The van der Waals surface area contributed by atoms with E-state index in [1.54, 1.807) is 24.3 Å². The number of fused-ring (bicyclic) bond motifs is 1. The van der Waals surface area contributed by atoms with Crippen LogP contribution in [0.5, 0.6) is 5.75 Å². The lowest BCUT2D eigenvalue weighted by Gasteiger charge is -2.32. The molecule has 0 unspecified atom stereocenters. The fraction of sp³-hybridized carbons (Fsp3) is 0.333. The average molecular weight is 422 g/mol. The van der Waals surface area contributed by atoms with Gasteiger partial charge >= 0.3 is 0 Å². The molecule has 1 aliphatic heterocycles. The monoisotopic (exact) mass is 421 g/mol. The topological polar surface area (TPSA) is 82.3 Å². The Kier molecular flexibility index (Phi) is 6.16. The van der Waals surface area contributed by atoms with E-state index in [0.29, 0.717) is 17.2 Å². The second-order valence-electron chi connectivity index (χ2n) is 8.11. The molecular formula is C24H27N3O2S. The van der Waals surface area contributed by atoms with Gasteiger partial charge in [0.05, 0.1) is 0 Å². The van der Waals surface area contributed by atoms with E-state index in [2.05, 4.69) is 9.88 Å². The van der Waals surface area contributed by atoms with Crippen molar-refractivity contribution in [3.63, 3.8) is 0 Å². The highest BCUT2D eigenvalue weighted by molar-refractivity contribution is 7.80. The van der Waals surface area contributed by atoms with Gasteiger partial charge in [-0.25, -0.2) is 0 Å². The normalized spacial score (nSPS) is 15.5. The van der Waals surface area contributed by atoms with Crippen molar-refractivity contribution in [1.29, 1.82) is 0 Å². The van der Waals surface area contributed by atoms with E-state index in [9.17, 15) is 9.90 Å². The van der Waals surface area contributed by atoms with Crippen LogP contribution in [0.25, 0.3) is 10.9 Å². The van der Waals surface area contributed by atoms with Gasteiger partial charge in [-0.15, -0.1) is 0 Å². The van der Waals surface area contributed by atoms with Crippen LogP contribution in [0.3, 0.4) is 0 Å². The number of aromatic nitrogens is 1. The van der Waals surface area contributed by atoms with Crippen molar-refractivity contribution in [3.05, 3.63) is 65.4 Å². The molecule has 2 heterocycles. The molecule has 1 aromatic heterocycles. The number of H-pyrrole nitrogens is 1. The number of phenols is 1. The number of piperidine rings is 1. The first-order valence-electron chi connectivity index (χ1n) is 10.4. The van der Waals surface area contributed by atoms with Crippen molar-refractivity contribution in [2.45, 2.75) is 31.6 Å². The molecule has 0 radical (unpaired) electrons. The summed E-state index contributed by atoms with van der Waals surface area (Å²) in [4.78, 5) is 18.1. The maximum atomic E-state index is 11.4. The summed E-state index contributed by atoms with van der Waals surface area (Å²) in [5, 5.41) is 10.6. The second kappa shape index (κ2) is 8.98. The Balaban J connectivity index is 1.27. The molecule has 6 heteroatoms. The maximum Gasteiger partial charge on any atom is 0.248 e.